The fourth-order valence-electron chi connectivity index (χ4n) is 1.63. The maximum atomic E-state index is 12.0. The van der Waals surface area contributed by atoms with Gasteiger partial charge in [-0.25, -0.2) is 15.5 Å². The van der Waals surface area contributed by atoms with Gasteiger partial charge in [0.1, 0.15) is 0 Å². The van der Waals surface area contributed by atoms with Gasteiger partial charge in [0.25, 0.3) is 11.5 Å². The first kappa shape index (κ1) is 15.1. The molecule has 2 aromatic heterocycles. The third-order valence-electron chi connectivity index (χ3n) is 2.96. The molecule has 0 atom stereocenters. The summed E-state index contributed by atoms with van der Waals surface area (Å²) >= 11 is 1.16. The molecular weight excluding hydrogens is 292 g/mol. The highest BCUT2D eigenvalue weighted by atomic mass is 32.1. The molecule has 0 aliphatic carbocycles. The van der Waals surface area contributed by atoms with Crippen molar-refractivity contribution < 1.29 is 4.79 Å². The van der Waals surface area contributed by atoms with E-state index in [0.717, 1.165) is 23.6 Å². The Morgan fingerprint density at radius 2 is 2.33 bits per heavy atom. The van der Waals surface area contributed by atoms with Crippen LogP contribution >= 0.6 is 11.3 Å². The summed E-state index contributed by atoms with van der Waals surface area (Å²) in [5.74, 6) is 4.59. The Morgan fingerprint density at radius 3 is 2.95 bits per heavy atom. The first-order valence-electron chi connectivity index (χ1n) is 6.28. The van der Waals surface area contributed by atoms with Crippen LogP contribution in [0.2, 0.25) is 0 Å². The second kappa shape index (κ2) is 6.46. The Hall–Kier alpha value is -2.26. The van der Waals surface area contributed by atoms with Crippen molar-refractivity contribution in [2.75, 3.05) is 18.5 Å². The van der Waals surface area contributed by atoms with Crippen LogP contribution in [0.4, 0.5) is 5.69 Å². The van der Waals surface area contributed by atoms with Crippen LogP contribution in [-0.2, 0) is 6.54 Å². The van der Waals surface area contributed by atoms with Crippen molar-refractivity contribution in [1.82, 2.24) is 20.2 Å². The number of rotatable bonds is 5. The van der Waals surface area contributed by atoms with E-state index in [2.05, 4.69) is 10.1 Å². The van der Waals surface area contributed by atoms with Gasteiger partial charge in [-0.2, -0.15) is 5.10 Å². The lowest BCUT2D eigenvalue weighted by Crippen LogP contribution is -2.30. The zero-order valence-electron chi connectivity index (χ0n) is 11.7. The van der Waals surface area contributed by atoms with Crippen LogP contribution in [0.1, 0.15) is 22.4 Å². The van der Waals surface area contributed by atoms with E-state index in [0.29, 0.717) is 5.69 Å². The molecule has 0 aliphatic heterocycles. The fraction of sp³-hybridized carbons (Fsp3) is 0.333. The number of hydrogen-bond acceptors (Lipinski definition) is 7. The Morgan fingerprint density at radius 1 is 1.57 bits per heavy atom. The van der Waals surface area contributed by atoms with Gasteiger partial charge in [0.05, 0.1) is 24.1 Å². The van der Waals surface area contributed by atoms with E-state index in [1.54, 1.807) is 11.6 Å². The highest BCUT2D eigenvalue weighted by Gasteiger charge is 2.11. The van der Waals surface area contributed by atoms with Crippen LogP contribution in [0.25, 0.3) is 0 Å². The molecule has 0 aliphatic rings. The third-order valence-corrected chi connectivity index (χ3v) is 3.85. The Kier molecular flexibility index (Phi) is 4.66. The van der Waals surface area contributed by atoms with Crippen LogP contribution in [0, 0.1) is 0 Å². The first-order valence-corrected chi connectivity index (χ1v) is 7.16. The average Bonchev–Trinajstić information content (AvgIpc) is 2.96. The van der Waals surface area contributed by atoms with Gasteiger partial charge < -0.3 is 4.90 Å². The number of nitrogen functional groups attached to an aromatic ring is 1. The predicted octanol–water partition coefficient (Wildman–Crippen LogP) is -0.192. The number of thiazole rings is 1. The highest BCUT2D eigenvalue weighted by Crippen LogP contribution is 2.11. The second-order valence-electron chi connectivity index (χ2n) is 4.34. The number of hydrogen-bond donors (Lipinski definition) is 2. The molecule has 3 N–H and O–H groups in total. The van der Waals surface area contributed by atoms with E-state index in [4.69, 9.17) is 5.84 Å². The van der Waals surface area contributed by atoms with E-state index >= 15 is 0 Å². The minimum Gasteiger partial charge on any atom is -0.373 e. The normalized spacial score (nSPS) is 10.4. The maximum absolute atomic E-state index is 12.0. The van der Waals surface area contributed by atoms with Crippen molar-refractivity contribution in [3.8, 4) is 0 Å². The zero-order chi connectivity index (χ0) is 15.4. The number of nitrogens with two attached hydrogens (primary N) is 1. The predicted molar refractivity (Wildman–Crippen MR) is 80.3 cm³/mol. The first-order chi connectivity index (χ1) is 10.0. The number of anilines is 1. The summed E-state index contributed by atoms with van der Waals surface area (Å²) in [7, 11) is 1.89. The van der Waals surface area contributed by atoms with Crippen molar-refractivity contribution in [1.29, 1.82) is 0 Å². The summed E-state index contributed by atoms with van der Waals surface area (Å²) in [6.07, 6.45) is 1.63. The largest absolute Gasteiger partial charge is 0.373 e. The third kappa shape index (κ3) is 3.44. The summed E-state index contributed by atoms with van der Waals surface area (Å²) in [6.45, 7) is 2.99. The van der Waals surface area contributed by atoms with E-state index in [-0.39, 0.29) is 17.1 Å². The molecule has 8 nitrogen and oxygen atoms in total. The van der Waals surface area contributed by atoms with Crippen molar-refractivity contribution in [3.05, 3.63) is 38.7 Å². The molecule has 2 rings (SSSR count). The number of hydrazine groups is 1. The van der Waals surface area contributed by atoms with Crippen molar-refractivity contribution >= 4 is 22.9 Å². The van der Waals surface area contributed by atoms with Gasteiger partial charge in [-0.15, -0.1) is 11.3 Å². The van der Waals surface area contributed by atoms with E-state index in [9.17, 15) is 9.59 Å². The van der Waals surface area contributed by atoms with Gasteiger partial charge in [-0.1, -0.05) is 0 Å². The zero-order valence-corrected chi connectivity index (χ0v) is 12.6. The van der Waals surface area contributed by atoms with E-state index in [1.165, 1.54) is 10.7 Å². The summed E-state index contributed by atoms with van der Waals surface area (Å²) in [5.41, 5.74) is 3.15. The maximum Gasteiger partial charge on any atom is 0.294 e. The van der Waals surface area contributed by atoms with Crippen LogP contribution in [0.5, 0.6) is 0 Å². The SMILES string of the molecule is CCN(C)c1cnn(Cc2csc(C(=O)NN)n2)c(=O)c1. The van der Waals surface area contributed by atoms with Gasteiger partial charge in [-0.05, 0) is 6.92 Å². The van der Waals surface area contributed by atoms with Gasteiger partial charge >= 0.3 is 0 Å². The fourth-order valence-corrected chi connectivity index (χ4v) is 2.34. The topological polar surface area (TPSA) is 106 Å². The lowest BCUT2D eigenvalue weighted by Gasteiger charge is -2.16. The summed E-state index contributed by atoms with van der Waals surface area (Å²) in [5, 5.41) is 6.07. The van der Waals surface area contributed by atoms with E-state index < -0.39 is 5.91 Å². The molecule has 0 saturated heterocycles. The van der Waals surface area contributed by atoms with Crippen molar-refractivity contribution in [2.24, 2.45) is 5.84 Å². The lowest BCUT2D eigenvalue weighted by molar-refractivity contribution is 0.0953. The van der Waals surface area contributed by atoms with Crippen molar-refractivity contribution in [3.63, 3.8) is 0 Å². The van der Waals surface area contributed by atoms with Gasteiger partial charge in [-0.3, -0.25) is 15.0 Å². The highest BCUT2D eigenvalue weighted by molar-refractivity contribution is 7.11. The number of amides is 1. The minimum atomic E-state index is -0.452. The molecule has 0 radical (unpaired) electrons. The number of aromatic nitrogens is 3. The molecule has 1 amide bonds. The Bertz CT molecular complexity index is 695. The molecular formula is C12H16N6O2S. The molecule has 0 spiro atoms. The molecule has 9 heteroatoms. The average molecular weight is 308 g/mol. The van der Waals surface area contributed by atoms with Crippen LogP contribution < -0.4 is 21.7 Å². The van der Waals surface area contributed by atoms with E-state index in [1.807, 2.05) is 24.3 Å². The Labute approximate surface area is 125 Å². The standard InChI is InChI=1S/C12H16N6O2S/c1-3-17(2)9-4-10(19)18(14-5-9)6-8-7-21-12(15-8)11(20)16-13/h4-5,7H,3,6,13H2,1-2H3,(H,16,20). The molecule has 21 heavy (non-hydrogen) atoms. The number of nitrogens with one attached hydrogen (secondary N) is 1. The molecule has 2 aromatic rings. The molecule has 2 heterocycles. The monoisotopic (exact) mass is 308 g/mol. The molecule has 112 valence electrons. The molecule has 0 saturated carbocycles. The second-order valence-corrected chi connectivity index (χ2v) is 5.20. The quantitative estimate of drug-likeness (QED) is 0.450. The van der Waals surface area contributed by atoms with Crippen LogP contribution in [0.15, 0.2) is 22.4 Å². The number of nitrogens with zero attached hydrogens (tertiary/aromatic N) is 4. The van der Waals surface area contributed by atoms with Crippen LogP contribution in [0.3, 0.4) is 0 Å². The van der Waals surface area contributed by atoms with Gasteiger partial charge in [0.2, 0.25) is 0 Å². The molecule has 0 fully saturated rings. The summed E-state index contributed by atoms with van der Waals surface area (Å²) in [4.78, 5) is 29.4. The molecule has 0 aromatic carbocycles. The van der Waals surface area contributed by atoms with Crippen molar-refractivity contribution in [2.45, 2.75) is 13.5 Å². The smallest absolute Gasteiger partial charge is 0.294 e. The minimum absolute atomic E-state index is 0.212. The summed E-state index contributed by atoms with van der Waals surface area (Å²) < 4.78 is 1.30. The number of carbonyl (C=O) groups is 1. The summed E-state index contributed by atoms with van der Waals surface area (Å²) in [6, 6.07) is 1.52. The molecule has 0 unspecified atom stereocenters. The molecule has 0 bridgehead atoms. The lowest BCUT2D eigenvalue weighted by atomic mass is 10.4. The van der Waals surface area contributed by atoms with Gasteiger partial charge in [0.15, 0.2) is 5.01 Å². The Balaban J connectivity index is 2.18. The van der Waals surface area contributed by atoms with Gasteiger partial charge in [0, 0.05) is 25.0 Å². The van der Waals surface area contributed by atoms with Crippen LogP contribution in [-0.4, -0.2) is 34.3 Å². The number of carbonyl (C=O) groups excluding carboxylic acids is 1.